The third-order valence-corrected chi connectivity index (χ3v) is 4.69. The van der Waals surface area contributed by atoms with Crippen molar-refractivity contribution in [3.63, 3.8) is 0 Å². The van der Waals surface area contributed by atoms with Crippen LogP contribution in [0.4, 0.5) is 13.2 Å². The van der Waals surface area contributed by atoms with Gasteiger partial charge < -0.3 is 10.2 Å². The van der Waals surface area contributed by atoms with Crippen LogP contribution in [-0.2, 0) is 0 Å². The van der Waals surface area contributed by atoms with E-state index in [-0.39, 0.29) is 22.7 Å². The number of aromatic hydroxyl groups is 1. The molecule has 2 N–H and O–H groups in total. The molecule has 0 unspecified atom stereocenters. The van der Waals surface area contributed by atoms with E-state index in [9.17, 15) is 28.2 Å². The zero-order chi connectivity index (χ0) is 17.7. The molecule has 0 spiro atoms. The number of nitrogens with zero attached hydrogens (tertiary/aromatic N) is 2. The Morgan fingerprint density at radius 2 is 2.08 bits per heavy atom. The largest absolute Gasteiger partial charge is 0.507 e. The third kappa shape index (κ3) is 2.28. The molecule has 8 heteroatoms. The number of phenols is 1. The van der Waals surface area contributed by atoms with Crippen molar-refractivity contribution in [2.45, 2.75) is 44.5 Å². The molecule has 0 aromatic heterocycles. The normalized spacial score (nSPS) is 27.0. The molecule has 3 rings (SSSR count). The monoisotopic (exact) mass is 342 g/mol. The molecule has 0 bridgehead atoms. The van der Waals surface area contributed by atoms with Gasteiger partial charge in [-0.05, 0) is 37.8 Å². The van der Waals surface area contributed by atoms with Gasteiger partial charge in [-0.15, -0.1) is 0 Å². The average Bonchev–Trinajstić information content (AvgIpc) is 2.84. The minimum atomic E-state index is -5.06. The van der Waals surface area contributed by atoms with Crippen LogP contribution in [0.1, 0.15) is 41.6 Å². The van der Waals surface area contributed by atoms with Crippen LogP contribution in [0.5, 0.6) is 5.75 Å². The molecule has 1 aliphatic heterocycles. The molecule has 1 saturated carbocycles. The second-order valence-electron chi connectivity index (χ2n) is 6.20. The second-order valence-corrected chi connectivity index (χ2v) is 6.20. The van der Waals surface area contributed by atoms with Crippen LogP contribution in [0.15, 0.2) is 23.3 Å². The van der Waals surface area contributed by atoms with E-state index < -0.39 is 29.5 Å². The lowest BCUT2D eigenvalue weighted by atomic mass is 9.80. The summed E-state index contributed by atoms with van der Waals surface area (Å²) in [6.07, 6.45) is -3.44. The Hall–Kier alpha value is -2.09. The standard InChI is InChI=1S/C16H17F3N2O3/c1-9-5-4-6-10(13(9)22)14(23)21-15(24,16(17,18)19)11-7-2-3-8-12(11)20-21/h4-6,11,22,24H,2-3,7-8H2,1H3/t11-,15+/m1/s1. The highest BCUT2D eigenvalue weighted by atomic mass is 19.4. The summed E-state index contributed by atoms with van der Waals surface area (Å²) in [5.74, 6) is -2.85. The lowest BCUT2D eigenvalue weighted by molar-refractivity contribution is -0.312. The second kappa shape index (κ2) is 5.47. The number of hydrogen-bond donors (Lipinski definition) is 2. The van der Waals surface area contributed by atoms with Crippen LogP contribution in [0.25, 0.3) is 0 Å². The lowest BCUT2D eigenvalue weighted by Gasteiger charge is -2.38. The van der Waals surface area contributed by atoms with Gasteiger partial charge >= 0.3 is 6.18 Å². The maximum Gasteiger partial charge on any atom is 0.439 e. The summed E-state index contributed by atoms with van der Waals surface area (Å²) >= 11 is 0. The van der Waals surface area contributed by atoms with Gasteiger partial charge in [-0.1, -0.05) is 18.6 Å². The van der Waals surface area contributed by atoms with E-state index in [1.807, 2.05) is 0 Å². The minimum Gasteiger partial charge on any atom is -0.507 e. The number of alkyl halides is 3. The molecule has 5 nitrogen and oxygen atoms in total. The van der Waals surface area contributed by atoms with E-state index in [2.05, 4.69) is 5.10 Å². The summed E-state index contributed by atoms with van der Waals surface area (Å²) in [6, 6.07) is 4.19. The number of rotatable bonds is 1. The smallest absolute Gasteiger partial charge is 0.439 e. The Kier molecular flexibility index (Phi) is 3.82. The maximum absolute atomic E-state index is 13.6. The molecule has 2 atom stereocenters. The van der Waals surface area contributed by atoms with Crippen molar-refractivity contribution in [1.29, 1.82) is 0 Å². The summed E-state index contributed by atoms with van der Waals surface area (Å²) in [4.78, 5) is 12.6. The fourth-order valence-electron chi connectivity index (χ4n) is 3.36. The summed E-state index contributed by atoms with van der Waals surface area (Å²) in [6.45, 7) is 1.53. The molecular weight excluding hydrogens is 325 g/mol. The van der Waals surface area contributed by atoms with E-state index in [4.69, 9.17) is 0 Å². The van der Waals surface area contributed by atoms with Crippen molar-refractivity contribution in [2.75, 3.05) is 0 Å². The van der Waals surface area contributed by atoms with Crippen molar-refractivity contribution in [3.8, 4) is 5.75 Å². The Morgan fingerprint density at radius 1 is 1.38 bits per heavy atom. The van der Waals surface area contributed by atoms with Gasteiger partial charge in [0.25, 0.3) is 11.6 Å². The summed E-state index contributed by atoms with van der Waals surface area (Å²) in [7, 11) is 0. The van der Waals surface area contributed by atoms with Crippen LogP contribution < -0.4 is 0 Å². The molecule has 1 amide bonds. The first-order valence-corrected chi connectivity index (χ1v) is 7.67. The molecule has 1 heterocycles. The van der Waals surface area contributed by atoms with Crippen LogP contribution in [0, 0.1) is 12.8 Å². The predicted octanol–water partition coefficient (Wildman–Crippen LogP) is 2.95. The molecule has 130 valence electrons. The zero-order valence-corrected chi connectivity index (χ0v) is 13.0. The van der Waals surface area contributed by atoms with E-state index in [0.29, 0.717) is 24.8 Å². The number of aryl methyl sites for hydroxylation is 1. The molecule has 1 aliphatic carbocycles. The highest BCUT2D eigenvalue weighted by molar-refractivity contribution is 6.01. The molecule has 1 aromatic rings. The van der Waals surface area contributed by atoms with Crippen molar-refractivity contribution in [1.82, 2.24) is 5.01 Å². The molecule has 24 heavy (non-hydrogen) atoms. The Balaban J connectivity index is 2.09. The first-order valence-electron chi connectivity index (χ1n) is 7.67. The summed E-state index contributed by atoms with van der Waals surface area (Å²) in [5.41, 5.74) is -3.17. The Bertz CT molecular complexity index is 717. The first kappa shape index (κ1) is 16.8. The van der Waals surface area contributed by atoms with Crippen molar-refractivity contribution < 1.29 is 28.2 Å². The number of hydrogen-bond acceptors (Lipinski definition) is 4. The Labute approximate surface area is 136 Å². The van der Waals surface area contributed by atoms with Gasteiger partial charge in [0, 0.05) is 5.71 Å². The fraction of sp³-hybridized carbons (Fsp3) is 0.500. The summed E-state index contributed by atoms with van der Waals surface area (Å²) < 4.78 is 40.9. The van der Waals surface area contributed by atoms with Gasteiger partial charge in [-0.25, -0.2) is 0 Å². The fourth-order valence-corrected chi connectivity index (χ4v) is 3.36. The molecular formula is C16H17F3N2O3. The van der Waals surface area contributed by atoms with E-state index in [1.54, 1.807) is 0 Å². The predicted molar refractivity (Wildman–Crippen MR) is 79.4 cm³/mol. The highest BCUT2D eigenvalue weighted by Crippen LogP contribution is 2.48. The number of benzene rings is 1. The number of fused-ring (bicyclic) bond motifs is 1. The number of phenolic OH excluding ortho intramolecular Hbond substituents is 1. The SMILES string of the molecule is Cc1cccc(C(=O)N2N=C3CCCC[C@H]3[C@]2(O)C(F)(F)F)c1O. The van der Waals surface area contributed by atoms with Crippen LogP contribution in [0.3, 0.4) is 0 Å². The quantitative estimate of drug-likeness (QED) is 0.824. The van der Waals surface area contributed by atoms with Gasteiger partial charge in [0.15, 0.2) is 0 Å². The van der Waals surface area contributed by atoms with Crippen molar-refractivity contribution in [2.24, 2.45) is 11.0 Å². The van der Waals surface area contributed by atoms with Gasteiger partial charge in [-0.2, -0.15) is 23.3 Å². The zero-order valence-electron chi connectivity index (χ0n) is 13.0. The molecule has 1 aromatic carbocycles. The number of halogens is 3. The average molecular weight is 342 g/mol. The number of amides is 1. The van der Waals surface area contributed by atoms with Gasteiger partial charge in [0.1, 0.15) is 5.75 Å². The van der Waals surface area contributed by atoms with Crippen molar-refractivity contribution >= 4 is 11.6 Å². The third-order valence-electron chi connectivity index (χ3n) is 4.69. The molecule has 0 saturated heterocycles. The van der Waals surface area contributed by atoms with E-state index >= 15 is 0 Å². The van der Waals surface area contributed by atoms with Crippen molar-refractivity contribution in [3.05, 3.63) is 29.3 Å². The molecule has 2 aliphatic rings. The Morgan fingerprint density at radius 3 is 2.75 bits per heavy atom. The number of hydrazone groups is 1. The van der Waals surface area contributed by atoms with E-state index in [0.717, 1.165) is 0 Å². The van der Waals surface area contributed by atoms with Crippen LogP contribution in [0.2, 0.25) is 0 Å². The minimum absolute atomic E-state index is 0.104. The van der Waals surface area contributed by atoms with Gasteiger partial charge in [0.2, 0.25) is 0 Å². The number of carbonyl (C=O) groups excluding carboxylic acids is 1. The first-order chi connectivity index (χ1) is 11.2. The van der Waals surface area contributed by atoms with Crippen LogP contribution >= 0.6 is 0 Å². The lowest BCUT2D eigenvalue weighted by Crippen LogP contribution is -2.61. The maximum atomic E-state index is 13.6. The van der Waals surface area contributed by atoms with Gasteiger partial charge in [-0.3, -0.25) is 4.79 Å². The number of para-hydroxylation sites is 1. The number of aliphatic hydroxyl groups is 1. The molecule has 0 radical (unpaired) electrons. The molecule has 1 fully saturated rings. The topological polar surface area (TPSA) is 73.1 Å². The van der Waals surface area contributed by atoms with E-state index in [1.165, 1.54) is 25.1 Å². The number of carbonyl (C=O) groups is 1. The highest BCUT2D eigenvalue weighted by Gasteiger charge is 2.68. The van der Waals surface area contributed by atoms with Gasteiger partial charge in [0.05, 0.1) is 11.5 Å². The van der Waals surface area contributed by atoms with Crippen LogP contribution in [-0.4, -0.2) is 38.7 Å². The summed E-state index contributed by atoms with van der Waals surface area (Å²) in [5, 5.41) is 24.4.